The van der Waals surface area contributed by atoms with E-state index in [1.54, 1.807) is 26.8 Å². The summed E-state index contributed by atoms with van der Waals surface area (Å²) in [6, 6.07) is 13.6. The highest BCUT2D eigenvalue weighted by Crippen LogP contribution is 2.35. The molecule has 37 heavy (non-hydrogen) atoms. The lowest BCUT2D eigenvalue weighted by Crippen LogP contribution is -2.30. The fraction of sp³-hybridized carbons (Fsp3) is 0.400. The summed E-state index contributed by atoms with van der Waals surface area (Å²) in [4.78, 5) is 26.4. The van der Waals surface area contributed by atoms with Gasteiger partial charge < -0.3 is 23.7 Å². The average molecular weight is 507 g/mol. The lowest BCUT2D eigenvalue weighted by Gasteiger charge is -2.21. The maximum Gasteiger partial charge on any atom is 0.342 e. The summed E-state index contributed by atoms with van der Waals surface area (Å²) in [5.74, 6) is -1.41. The number of ketones is 1. The molecule has 7 heteroatoms. The van der Waals surface area contributed by atoms with Crippen LogP contribution in [0.15, 0.2) is 60.7 Å². The molecule has 4 atom stereocenters. The van der Waals surface area contributed by atoms with Crippen molar-refractivity contribution in [1.29, 1.82) is 0 Å². The SMILES string of the molecule is COCOc1cc(-c2ccccc2)cc2c1C(=O)O[C@@H](C)[C@H](C)/C=C\C(=O)[C@H]1OC(C)(C)O[C@H]1CC=C2. The average Bonchev–Trinajstić information content (AvgIpc) is 3.19. The van der Waals surface area contributed by atoms with Crippen LogP contribution < -0.4 is 4.74 Å². The molecule has 1 fully saturated rings. The molecule has 0 radical (unpaired) electrons. The van der Waals surface area contributed by atoms with Crippen LogP contribution in [0.4, 0.5) is 0 Å². The summed E-state index contributed by atoms with van der Waals surface area (Å²) >= 11 is 0. The molecule has 2 aromatic carbocycles. The van der Waals surface area contributed by atoms with Crippen molar-refractivity contribution in [3.8, 4) is 16.9 Å². The van der Waals surface area contributed by atoms with Gasteiger partial charge in [0.15, 0.2) is 18.4 Å². The summed E-state index contributed by atoms with van der Waals surface area (Å²) in [6.45, 7) is 7.26. The van der Waals surface area contributed by atoms with Crippen LogP contribution in [-0.2, 0) is 23.7 Å². The summed E-state index contributed by atoms with van der Waals surface area (Å²) in [7, 11) is 1.53. The summed E-state index contributed by atoms with van der Waals surface area (Å²) in [5.41, 5.74) is 2.79. The predicted molar refractivity (Wildman–Crippen MR) is 140 cm³/mol. The molecular formula is C30H34O7. The van der Waals surface area contributed by atoms with Gasteiger partial charge in [-0.1, -0.05) is 55.5 Å². The second-order valence-electron chi connectivity index (χ2n) is 9.82. The van der Waals surface area contributed by atoms with Gasteiger partial charge in [0, 0.05) is 13.0 Å². The first-order valence-electron chi connectivity index (χ1n) is 12.5. The number of esters is 1. The van der Waals surface area contributed by atoms with E-state index in [0.29, 0.717) is 23.3 Å². The smallest absolute Gasteiger partial charge is 0.342 e. The maximum absolute atomic E-state index is 13.5. The Labute approximate surface area is 218 Å². The van der Waals surface area contributed by atoms with Crippen LogP contribution in [-0.4, -0.2) is 49.8 Å². The molecule has 0 N–H and O–H groups in total. The molecule has 0 spiro atoms. The molecule has 196 valence electrons. The number of cyclic esters (lactones) is 1. The first-order valence-corrected chi connectivity index (χ1v) is 12.5. The molecule has 0 bridgehead atoms. The van der Waals surface area contributed by atoms with Crippen LogP contribution in [0.2, 0.25) is 0 Å². The Morgan fingerprint density at radius 2 is 1.76 bits per heavy atom. The second kappa shape index (κ2) is 11.4. The van der Waals surface area contributed by atoms with Crippen LogP contribution in [0.5, 0.6) is 5.75 Å². The van der Waals surface area contributed by atoms with E-state index in [1.165, 1.54) is 13.2 Å². The molecule has 0 aromatic heterocycles. The fourth-order valence-corrected chi connectivity index (χ4v) is 4.43. The van der Waals surface area contributed by atoms with Crippen molar-refractivity contribution in [2.24, 2.45) is 5.92 Å². The van der Waals surface area contributed by atoms with Crippen molar-refractivity contribution in [2.75, 3.05) is 13.9 Å². The topological polar surface area (TPSA) is 80.3 Å². The molecule has 0 unspecified atom stereocenters. The molecule has 0 saturated carbocycles. The summed E-state index contributed by atoms with van der Waals surface area (Å²) in [6.07, 6.45) is 5.71. The monoisotopic (exact) mass is 506 g/mol. The van der Waals surface area contributed by atoms with E-state index in [2.05, 4.69) is 0 Å². The number of fused-ring (bicyclic) bond motifs is 2. The highest BCUT2D eigenvalue weighted by Gasteiger charge is 2.43. The van der Waals surface area contributed by atoms with Gasteiger partial charge in [-0.25, -0.2) is 4.79 Å². The van der Waals surface area contributed by atoms with Crippen LogP contribution >= 0.6 is 0 Å². The van der Waals surface area contributed by atoms with E-state index in [9.17, 15) is 9.59 Å². The Balaban J connectivity index is 1.82. The first-order chi connectivity index (χ1) is 17.7. The predicted octanol–water partition coefficient (Wildman–Crippen LogP) is 5.58. The minimum Gasteiger partial charge on any atom is -0.467 e. The van der Waals surface area contributed by atoms with Crippen LogP contribution in [0.1, 0.15) is 50.0 Å². The van der Waals surface area contributed by atoms with E-state index in [1.807, 2.05) is 61.5 Å². The molecule has 2 aliphatic heterocycles. The zero-order valence-corrected chi connectivity index (χ0v) is 21.9. The van der Waals surface area contributed by atoms with Gasteiger partial charge in [-0.15, -0.1) is 0 Å². The third kappa shape index (κ3) is 6.36. The zero-order chi connectivity index (χ0) is 26.6. The first kappa shape index (κ1) is 26.8. The minimum absolute atomic E-state index is 0.0253. The van der Waals surface area contributed by atoms with E-state index < -0.39 is 30.1 Å². The molecule has 2 aliphatic rings. The van der Waals surface area contributed by atoms with Crippen molar-refractivity contribution in [1.82, 2.24) is 0 Å². The van der Waals surface area contributed by atoms with Gasteiger partial charge in [0.2, 0.25) is 0 Å². The molecule has 1 saturated heterocycles. The standard InChI is InChI=1S/C30H34O7/c1-19-14-15-24(31)28-25(36-30(3,4)37-28)13-9-12-22-16-23(21-10-7-6-8-11-21)17-26(34-18-33-5)27(22)29(32)35-20(19)2/h6-12,14-17,19-20,25,28H,13,18H2,1-5H3/b12-9?,15-14-/t19-,20+,25+,28-/m1/s1. The van der Waals surface area contributed by atoms with Crippen molar-refractivity contribution in [2.45, 2.75) is 58.2 Å². The Bertz CT molecular complexity index is 1180. The lowest BCUT2D eigenvalue weighted by atomic mass is 9.96. The summed E-state index contributed by atoms with van der Waals surface area (Å²) < 4.78 is 28.8. The maximum atomic E-state index is 13.5. The van der Waals surface area contributed by atoms with Gasteiger partial charge in [-0.2, -0.15) is 0 Å². The number of hydrogen-bond donors (Lipinski definition) is 0. The molecule has 2 heterocycles. The van der Waals surface area contributed by atoms with Gasteiger partial charge in [0.25, 0.3) is 0 Å². The minimum atomic E-state index is -0.877. The van der Waals surface area contributed by atoms with Gasteiger partial charge in [0.1, 0.15) is 23.5 Å². The van der Waals surface area contributed by atoms with Crippen LogP contribution in [0, 0.1) is 5.92 Å². The third-order valence-electron chi connectivity index (χ3n) is 6.50. The second-order valence-corrected chi connectivity index (χ2v) is 9.82. The quantitative estimate of drug-likeness (QED) is 0.396. The fourth-order valence-electron chi connectivity index (χ4n) is 4.43. The van der Waals surface area contributed by atoms with E-state index in [4.69, 9.17) is 23.7 Å². The highest BCUT2D eigenvalue weighted by atomic mass is 16.8. The van der Waals surface area contributed by atoms with Crippen molar-refractivity contribution >= 4 is 17.8 Å². The van der Waals surface area contributed by atoms with Gasteiger partial charge in [-0.3, -0.25) is 4.79 Å². The van der Waals surface area contributed by atoms with Crippen molar-refractivity contribution in [3.05, 3.63) is 71.8 Å². The molecule has 0 aliphatic carbocycles. The lowest BCUT2D eigenvalue weighted by molar-refractivity contribution is -0.152. The number of carbonyl (C=O) groups excluding carboxylic acids is 2. The third-order valence-corrected chi connectivity index (χ3v) is 6.50. The summed E-state index contributed by atoms with van der Waals surface area (Å²) in [5, 5.41) is 0. The Hall–Kier alpha value is -3.26. The van der Waals surface area contributed by atoms with E-state index in [-0.39, 0.29) is 18.5 Å². The van der Waals surface area contributed by atoms with Gasteiger partial charge in [-0.05, 0) is 62.1 Å². The number of ether oxygens (including phenoxy) is 5. The number of rotatable bonds is 4. The Morgan fingerprint density at radius 1 is 1.00 bits per heavy atom. The molecular weight excluding hydrogens is 472 g/mol. The number of hydrogen-bond acceptors (Lipinski definition) is 7. The molecule has 4 rings (SSSR count). The van der Waals surface area contributed by atoms with Crippen molar-refractivity contribution < 1.29 is 33.3 Å². The number of benzene rings is 2. The molecule has 2 aromatic rings. The van der Waals surface area contributed by atoms with Crippen LogP contribution in [0.25, 0.3) is 17.2 Å². The highest BCUT2D eigenvalue weighted by molar-refractivity contribution is 5.98. The van der Waals surface area contributed by atoms with Crippen molar-refractivity contribution in [3.63, 3.8) is 0 Å². The van der Waals surface area contributed by atoms with E-state index >= 15 is 0 Å². The van der Waals surface area contributed by atoms with E-state index in [0.717, 1.165) is 11.1 Å². The Morgan fingerprint density at radius 3 is 2.49 bits per heavy atom. The van der Waals surface area contributed by atoms with Crippen LogP contribution in [0.3, 0.4) is 0 Å². The van der Waals surface area contributed by atoms with Gasteiger partial charge in [0.05, 0.1) is 6.10 Å². The number of carbonyl (C=O) groups is 2. The largest absolute Gasteiger partial charge is 0.467 e. The molecule has 7 nitrogen and oxygen atoms in total. The Kier molecular flexibility index (Phi) is 8.27. The zero-order valence-electron chi connectivity index (χ0n) is 21.9. The number of methoxy groups -OCH3 is 1. The molecule has 0 amide bonds. The normalized spacial score (nSPS) is 26.5. The van der Waals surface area contributed by atoms with Gasteiger partial charge >= 0.3 is 5.97 Å².